The van der Waals surface area contributed by atoms with Crippen LogP contribution in [-0.4, -0.2) is 36.9 Å². The first-order chi connectivity index (χ1) is 10.5. The summed E-state index contributed by atoms with van der Waals surface area (Å²) in [5.74, 6) is 1.90. The number of likely N-dealkylation sites (tertiary alicyclic amines) is 1. The molecule has 3 nitrogen and oxygen atoms in total. The van der Waals surface area contributed by atoms with Crippen molar-refractivity contribution in [1.82, 2.24) is 4.90 Å². The van der Waals surface area contributed by atoms with E-state index in [1.807, 2.05) is 32.9 Å². The van der Waals surface area contributed by atoms with Gasteiger partial charge in [-0.25, -0.2) is 0 Å². The van der Waals surface area contributed by atoms with E-state index in [0.29, 0.717) is 13.0 Å². The molecule has 1 aliphatic heterocycles. The molecule has 1 aromatic rings. The number of Topliss-reactive ketones (excluding diaryl/α,β-unsaturated/α-hetero) is 1. The molecule has 0 saturated carbocycles. The Hall–Kier alpha value is -1.35. The number of benzene rings is 1. The van der Waals surface area contributed by atoms with Crippen molar-refractivity contribution in [3.05, 3.63) is 28.8 Å². The Bertz CT molecular complexity index is 524. The van der Waals surface area contributed by atoms with Gasteiger partial charge < -0.3 is 9.64 Å². The number of piperidine rings is 1. The third-order valence-electron chi connectivity index (χ3n) is 4.73. The van der Waals surface area contributed by atoms with Gasteiger partial charge in [0.1, 0.15) is 5.75 Å². The summed E-state index contributed by atoms with van der Waals surface area (Å²) in [6.07, 6.45) is 3.19. The van der Waals surface area contributed by atoms with Crippen LogP contribution in [0.3, 0.4) is 0 Å². The molecular formula is C19H29NO2. The van der Waals surface area contributed by atoms with Gasteiger partial charge >= 0.3 is 0 Å². The number of carbonyl (C=O) groups is 1. The number of hydrogen-bond acceptors (Lipinski definition) is 3. The van der Waals surface area contributed by atoms with Crippen molar-refractivity contribution in [2.75, 3.05) is 26.2 Å². The van der Waals surface area contributed by atoms with Crippen LogP contribution in [0.4, 0.5) is 0 Å². The Morgan fingerprint density at radius 2 is 2.09 bits per heavy atom. The first-order valence-electron chi connectivity index (χ1n) is 8.51. The minimum absolute atomic E-state index is 0.252. The fourth-order valence-corrected chi connectivity index (χ4v) is 3.29. The smallest absolute Gasteiger partial charge is 0.164 e. The summed E-state index contributed by atoms with van der Waals surface area (Å²) in [6.45, 7) is 12.1. The number of nitrogens with zero attached hydrogens (tertiary/aromatic N) is 1. The Morgan fingerprint density at radius 3 is 2.77 bits per heavy atom. The molecule has 0 aliphatic carbocycles. The van der Waals surface area contributed by atoms with Crippen LogP contribution >= 0.6 is 0 Å². The lowest BCUT2D eigenvalue weighted by Gasteiger charge is -2.30. The molecule has 0 aromatic heterocycles. The topological polar surface area (TPSA) is 29.5 Å². The molecule has 0 bridgehead atoms. The lowest BCUT2D eigenvalue weighted by molar-refractivity contribution is 0.0948. The lowest BCUT2D eigenvalue weighted by atomic mass is 9.96. The highest BCUT2D eigenvalue weighted by Crippen LogP contribution is 2.25. The standard InChI is InChI=1S/C19H29NO2/c1-5-22-19-9-8-17(15(3)16(19)4)18(21)10-12-20-11-6-7-14(2)13-20/h8-9,14H,5-7,10-13H2,1-4H3. The second-order valence-electron chi connectivity index (χ2n) is 6.52. The maximum absolute atomic E-state index is 12.5. The number of ether oxygens (including phenoxy) is 1. The van der Waals surface area contributed by atoms with Gasteiger partial charge in [-0.15, -0.1) is 0 Å². The van der Waals surface area contributed by atoms with Crippen LogP contribution < -0.4 is 4.74 Å². The molecule has 1 heterocycles. The zero-order valence-corrected chi connectivity index (χ0v) is 14.4. The van der Waals surface area contributed by atoms with Gasteiger partial charge in [0.2, 0.25) is 0 Å². The quantitative estimate of drug-likeness (QED) is 0.744. The van der Waals surface area contributed by atoms with Crippen molar-refractivity contribution in [3.8, 4) is 5.75 Å². The Kier molecular flexibility index (Phi) is 6.01. The van der Waals surface area contributed by atoms with Crippen LogP contribution in [0.2, 0.25) is 0 Å². The molecule has 1 saturated heterocycles. The van der Waals surface area contributed by atoms with E-state index in [2.05, 4.69) is 11.8 Å². The minimum Gasteiger partial charge on any atom is -0.494 e. The summed E-state index contributed by atoms with van der Waals surface area (Å²) in [4.78, 5) is 15.0. The predicted octanol–water partition coefficient (Wildman–Crippen LogP) is 4.01. The number of hydrogen-bond donors (Lipinski definition) is 0. The molecule has 1 aromatic carbocycles. The Labute approximate surface area is 134 Å². The first-order valence-corrected chi connectivity index (χ1v) is 8.51. The summed E-state index contributed by atoms with van der Waals surface area (Å²) in [5, 5.41) is 0. The molecule has 1 atom stereocenters. The van der Waals surface area contributed by atoms with E-state index in [9.17, 15) is 4.79 Å². The van der Waals surface area contributed by atoms with Crippen molar-refractivity contribution >= 4 is 5.78 Å². The van der Waals surface area contributed by atoms with E-state index < -0.39 is 0 Å². The molecule has 0 radical (unpaired) electrons. The van der Waals surface area contributed by atoms with Crippen molar-refractivity contribution in [2.45, 2.75) is 47.0 Å². The number of carbonyl (C=O) groups excluding carboxylic acids is 1. The number of ketones is 1. The Morgan fingerprint density at radius 1 is 1.32 bits per heavy atom. The van der Waals surface area contributed by atoms with E-state index in [-0.39, 0.29) is 5.78 Å². The van der Waals surface area contributed by atoms with E-state index in [0.717, 1.165) is 48.0 Å². The fourth-order valence-electron chi connectivity index (χ4n) is 3.29. The van der Waals surface area contributed by atoms with Crippen LogP contribution in [0.1, 0.15) is 54.6 Å². The van der Waals surface area contributed by atoms with E-state index in [1.165, 1.54) is 12.8 Å². The third kappa shape index (κ3) is 4.10. The van der Waals surface area contributed by atoms with Crippen LogP contribution in [0.25, 0.3) is 0 Å². The zero-order chi connectivity index (χ0) is 16.1. The monoisotopic (exact) mass is 303 g/mol. The molecule has 0 N–H and O–H groups in total. The SMILES string of the molecule is CCOc1ccc(C(=O)CCN2CCCC(C)C2)c(C)c1C. The van der Waals surface area contributed by atoms with Crippen LogP contribution in [0.5, 0.6) is 5.75 Å². The van der Waals surface area contributed by atoms with Crippen molar-refractivity contribution in [3.63, 3.8) is 0 Å². The maximum atomic E-state index is 12.5. The minimum atomic E-state index is 0.252. The normalized spacial score (nSPS) is 19.2. The van der Waals surface area contributed by atoms with Gasteiger partial charge in [-0.2, -0.15) is 0 Å². The summed E-state index contributed by atoms with van der Waals surface area (Å²) >= 11 is 0. The third-order valence-corrected chi connectivity index (χ3v) is 4.73. The van der Waals surface area contributed by atoms with Crippen molar-refractivity contribution in [2.24, 2.45) is 5.92 Å². The highest BCUT2D eigenvalue weighted by molar-refractivity contribution is 5.98. The molecule has 3 heteroatoms. The molecule has 1 unspecified atom stereocenters. The van der Waals surface area contributed by atoms with Crippen molar-refractivity contribution in [1.29, 1.82) is 0 Å². The summed E-state index contributed by atoms with van der Waals surface area (Å²) < 4.78 is 5.60. The van der Waals surface area contributed by atoms with Crippen LogP contribution in [0, 0.1) is 19.8 Å². The van der Waals surface area contributed by atoms with Gasteiger partial charge in [0.15, 0.2) is 5.78 Å². The van der Waals surface area contributed by atoms with Gasteiger partial charge in [-0.1, -0.05) is 6.92 Å². The molecule has 2 rings (SSSR count). The van der Waals surface area contributed by atoms with Gasteiger partial charge in [-0.3, -0.25) is 4.79 Å². The predicted molar refractivity (Wildman–Crippen MR) is 90.9 cm³/mol. The molecule has 0 spiro atoms. The van der Waals surface area contributed by atoms with Gasteiger partial charge in [0.25, 0.3) is 0 Å². The average molecular weight is 303 g/mol. The van der Waals surface area contributed by atoms with E-state index in [1.54, 1.807) is 0 Å². The lowest BCUT2D eigenvalue weighted by Crippen LogP contribution is -2.35. The van der Waals surface area contributed by atoms with Crippen molar-refractivity contribution < 1.29 is 9.53 Å². The Balaban J connectivity index is 1.99. The summed E-state index contributed by atoms with van der Waals surface area (Å²) in [6, 6.07) is 3.86. The zero-order valence-electron chi connectivity index (χ0n) is 14.4. The van der Waals surface area contributed by atoms with E-state index in [4.69, 9.17) is 4.74 Å². The molecule has 1 fully saturated rings. The van der Waals surface area contributed by atoms with E-state index >= 15 is 0 Å². The first kappa shape index (κ1) is 17.0. The second-order valence-corrected chi connectivity index (χ2v) is 6.52. The van der Waals surface area contributed by atoms with Gasteiger partial charge in [0, 0.05) is 25.1 Å². The van der Waals surface area contributed by atoms with Crippen LogP contribution in [0.15, 0.2) is 12.1 Å². The molecule has 1 aliphatic rings. The second kappa shape index (κ2) is 7.77. The summed E-state index contributed by atoms with van der Waals surface area (Å²) in [7, 11) is 0. The highest BCUT2D eigenvalue weighted by atomic mass is 16.5. The average Bonchev–Trinajstić information content (AvgIpc) is 2.50. The molecule has 0 amide bonds. The molecule has 122 valence electrons. The van der Waals surface area contributed by atoms with Gasteiger partial charge in [0.05, 0.1) is 6.61 Å². The summed E-state index contributed by atoms with van der Waals surface area (Å²) in [5.41, 5.74) is 2.99. The molecular weight excluding hydrogens is 274 g/mol. The fraction of sp³-hybridized carbons (Fsp3) is 0.632. The largest absolute Gasteiger partial charge is 0.494 e. The molecule has 22 heavy (non-hydrogen) atoms. The highest BCUT2D eigenvalue weighted by Gasteiger charge is 2.18. The van der Waals surface area contributed by atoms with Crippen LogP contribution in [-0.2, 0) is 0 Å². The van der Waals surface area contributed by atoms with Gasteiger partial charge in [-0.05, 0) is 69.3 Å². The maximum Gasteiger partial charge on any atom is 0.164 e. The number of rotatable bonds is 6.